The minimum absolute atomic E-state index is 0.0458. The van der Waals surface area contributed by atoms with Gasteiger partial charge in [-0.25, -0.2) is 9.89 Å². The number of piperidine rings is 1. The van der Waals surface area contributed by atoms with E-state index in [0.717, 1.165) is 11.1 Å². The van der Waals surface area contributed by atoms with E-state index in [9.17, 15) is 31.1 Å². The van der Waals surface area contributed by atoms with Crippen LogP contribution < -0.4 is 11.0 Å². The Labute approximate surface area is 255 Å². The first-order valence-electron chi connectivity index (χ1n) is 14.3. The number of alkyl halides is 6. The Balaban J connectivity index is 1.32. The Morgan fingerprint density at radius 3 is 2.13 bits per heavy atom. The number of hydrogen-bond donors (Lipinski definition) is 2. The highest BCUT2D eigenvalue weighted by Crippen LogP contribution is 2.39. The predicted octanol–water partition coefficient (Wildman–Crippen LogP) is 6.92. The lowest BCUT2D eigenvalue weighted by Gasteiger charge is -2.42. The molecule has 0 radical (unpaired) electrons. The molecule has 5 rings (SSSR count). The molecule has 0 amide bonds. The fourth-order valence-electron chi connectivity index (χ4n) is 5.57. The van der Waals surface area contributed by atoms with Gasteiger partial charge in [-0.3, -0.25) is 4.57 Å². The van der Waals surface area contributed by atoms with Gasteiger partial charge in [0.15, 0.2) is 5.82 Å². The first-order chi connectivity index (χ1) is 21.4. The van der Waals surface area contributed by atoms with Gasteiger partial charge in [-0.15, -0.1) is 0 Å². The largest absolute Gasteiger partial charge is 0.416 e. The molecule has 3 aromatic carbocycles. The fraction of sp³-hybridized carbons (Fsp3) is 0.375. The van der Waals surface area contributed by atoms with Crippen LogP contribution in [0.25, 0.3) is 0 Å². The molecular weight excluding hydrogens is 602 g/mol. The molecule has 7 nitrogen and oxygen atoms in total. The van der Waals surface area contributed by atoms with Crippen molar-refractivity contribution >= 4 is 0 Å². The highest BCUT2D eigenvalue weighted by Gasteiger charge is 2.40. The summed E-state index contributed by atoms with van der Waals surface area (Å²) in [7, 11) is 0. The number of H-pyrrole nitrogens is 1. The van der Waals surface area contributed by atoms with E-state index in [1.807, 2.05) is 60.7 Å². The molecule has 3 atom stereocenters. The van der Waals surface area contributed by atoms with Crippen LogP contribution in [0.3, 0.4) is 0 Å². The normalized spacial score (nSPS) is 19.8. The van der Waals surface area contributed by atoms with Crippen LogP contribution in [0.2, 0.25) is 0 Å². The highest BCUT2D eigenvalue weighted by molar-refractivity contribution is 5.35. The quantitative estimate of drug-likeness (QED) is 0.185. The smallest absolute Gasteiger partial charge is 0.372 e. The van der Waals surface area contributed by atoms with Crippen molar-refractivity contribution in [3.8, 4) is 0 Å². The van der Waals surface area contributed by atoms with Gasteiger partial charge in [0.25, 0.3) is 0 Å². The average molecular weight is 635 g/mol. The zero-order chi connectivity index (χ0) is 32.2. The van der Waals surface area contributed by atoms with Crippen molar-refractivity contribution in [3.05, 3.63) is 123 Å². The van der Waals surface area contributed by atoms with Crippen LogP contribution >= 0.6 is 0 Å². The van der Waals surface area contributed by atoms with Crippen LogP contribution in [0, 0.1) is 0 Å². The molecule has 2 heterocycles. The van der Waals surface area contributed by atoms with Crippen LogP contribution in [-0.2, 0) is 40.6 Å². The van der Waals surface area contributed by atoms with Gasteiger partial charge >= 0.3 is 18.0 Å². The molecule has 45 heavy (non-hydrogen) atoms. The number of rotatable bonds is 10. The van der Waals surface area contributed by atoms with Crippen LogP contribution in [0.4, 0.5) is 26.3 Å². The molecule has 0 bridgehead atoms. The summed E-state index contributed by atoms with van der Waals surface area (Å²) in [5.74, 6) is 0.435. The first kappa shape index (κ1) is 32.5. The highest BCUT2D eigenvalue weighted by atomic mass is 19.4. The van der Waals surface area contributed by atoms with Crippen molar-refractivity contribution in [2.45, 2.75) is 63.0 Å². The summed E-state index contributed by atoms with van der Waals surface area (Å²) >= 11 is 0. The fourth-order valence-corrected chi connectivity index (χ4v) is 5.57. The number of nitrogens with zero attached hydrogens (tertiary/aromatic N) is 2. The summed E-state index contributed by atoms with van der Waals surface area (Å²) < 4.78 is 94.1. The third-order valence-electron chi connectivity index (χ3n) is 8.05. The van der Waals surface area contributed by atoms with E-state index in [1.165, 1.54) is 6.92 Å². The number of halogens is 6. The zero-order valence-corrected chi connectivity index (χ0v) is 24.3. The maximum atomic E-state index is 13.5. The second-order valence-corrected chi connectivity index (χ2v) is 11.1. The molecule has 240 valence electrons. The number of aromatic nitrogens is 3. The van der Waals surface area contributed by atoms with Gasteiger partial charge < -0.3 is 14.8 Å². The number of benzene rings is 3. The lowest BCUT2D eigenvalue weighted by atomic mass is 9.81. The van der Waals surface area contributed by atoms with Gasteiger partial charge in [0, 0.05) is 6.54 Å². The second-order valence-electron chi connectivity index (χ2n) is 11.1. The lowest BCUT2D eigenvalue weighted by Crippen LogP contribution is -2.53. The third-order valence-corrected chi connectivity index (χ3v) is 8.05. The Morgan fingerprint density at radius 2 is 1.56 bits per heavy atom. The summed E-state index contributed by atoms with van der Waals surface area (Å²) in [5.41, 5.74) is -2.43. The Kier molecular flexibility index (Phi) is 9.52. The SMILES string of the molecule is C[C@@H](OC[C@@]1(c2ccccc2)CC[C@H](n2c(COCc3ccccc3)n[nH]c2=O)CN1)c1cc(C(F)(F)F)cc(C(F)(F)F)c1. The molecule has 2 N–H and O–H groups in total. The molecule has 13 heteroatoms. The topological polar surface area (TPSA) is 81.2 Å². The van der Waals surface area contributed by atoms with Crippen LogP contribution in [0.5, 0.6) is 0 Å². The molecule has 1 fully saturated rings. The van der Waals surface area contributed by atoms with E-state index in [2.05, 4.69) is 15.5 Å². The standard InChI is InChI=1S/C32H32F6N4O3/c1-21(23-14-25(31(33,34)35)16-26(15-23)32(36,37)38)45-20-30(24-10-6-3-7-11-24)13-12-27(17-39-30)42-28(40-41-29(42)43)19-44-18-22-8-4-2-5-9-22/h2-11,14-16,21,27,39H,12-13,17-20H2,1H3,(H,41,43)/t21-,27+,30-/m1/s1. The van der Waals surface area contributed by atoms with Crippen molar-refractivity contribution in [2.24, 2.45) is 0 Å². The minimum Gasteiger partial charge on any atom is -0.372 e. The van der Waals surface area contributed by atoms with Crippen molar-refractivity contribution in [1.29, 1.82) is 0 Å². The van der Waals surface area contributed by atoms with Crippen molar-refractivity contribution in [1.82, 2.24) is 20.1 Å². The molecule has 1 aliphatic rings. The minimum atomic E-state index is -4.96. The summed E-state index contributed by atoms with van der Waals surface area (Å²) in [5, 5.41) is 10.1. The Bertz CT molecular complexity index is 1580. The molecule has 4 aromatic rings. The average Bonchev–Trinajstić information content (AvgIpc) is 3.39. The number of ether oxygens (including phenoxy) is 2. The predicted molar refractivity (Wildman–Crippen MR) is 153 cm³/mol. The molecule has 0 spiro atoms. The second kappa shape index (κ2) is 13.2. The summed E-state index contributed by atoms with van der Waals surface area (Å²) in [6.07, 6.45) is -10.0. The van der Waals surface area contributed by atoms with Crippen molar-refractivity contribution in [2.75, 3.05) is 13.2 Å². The molecule has 0 aliphatic carbocycles. The molecular formula is C32H32F6N4O3. The van der Waals surface area contributed by atoms with E-state index in [1.54, 1.807) is 4.57 Å². The molecule has 0 saturated carbocycles. The first-order valence-corrected chi connectivity index (χ1v) is 14.3. The lowest BCUT2D eigenvalue weighted by molar-refractivity contribution is -0.143. The summed E-state index contributed by atoms with van der Waals surface area (Å²) in [6.45, 7) is 2.14. The molecule has 1 aromatic heterocycles. The summed E-state index contributed by atoms with van der Waals surface area (Å²) in [4.78, 5) is 12.7. The monoisotopic (exact) mass is 634 g/mol. The molecule has 0 unspecified atom stereocenters. The number of nitrogens with one attached hydrogen (secondary N) is 2. The van der Waals surface area contributed by atoms with Crippen molar-refractivity contribution in [3.63, 3.8) is 0 Å². The number of hydrogen-bond acceptors (Lipinski definition) is 5. The maximum Gasteiger partial charge on any atom is 0.416 e. The third kappa shape index (κ3) is 7.66. The maximum absolute atomic E-state index is 13.5. The van der Waals surface area contributed by atoms with E-state index in [0.29, 0.717) is 44.0 Å². The van der Waals surface area contributed by atoms with E-state index in [4.69, 9.17) is 9.47 Å². The molecule has 1 saturated heterocycles. The van der Waals surface area contributed by atoms with E-state index in [-0.39, 0.29) is 36.6 Å². The van der Waals surface area contributed by atoms with Crippen LogP contribution in [0.1, 0.15) is 65.6 Å². The van der Waals surface area contributed by atoms with Gasteiger partial charge in [-0.1, -0.05) is 60.7 Å². The number of aromatic amines is 1. The van der Waals surface area contributed by atoms with Crippen LogP contribution in [-0.4, -0.2) is 27.9 Å². The van der Waals surface area contributed by atoms with Gasteiger partial charge in [0.1, 0.15) is 6.61 Å². The van der Waals surface area contributed by atoms with Crippen LogP contribution in [0.15, 0.2) is 83.7 Å². The van der Waals surface area contributed by atoms with E-state index >= 15 is 0 Å². The van der Waals surface area contributed by atoms with Gasteiger partial charge in [-0.2, -0.15) is 31.4 Å². The molecule has 1 aliphatic heterocycles. The van der Waals surface area contributed by atoms with Gasteiger partial charge in [0.2, 0.25) is 0 Å². The van der Waals surface area contributed by atoms with Crippen molar-refractivity contribution < 1.29 is 35.8 Å². The zero-order valence-electron chi connectivity index (χ0n) is 24.3. The van der Waals surface area contributed by atoms with Gasteiger partial charge in [0.05, 0.1) is 42.0 Å². The Morgan fingerprint density at radius 1 is 0.933 bits per heavy atom. The van der Waals surface area contributed by atoms with E-state index < -0.39 is 35.1 Å². The summed E-state index contributed by atoms with van der Waals surface area (Å²) in [6, 6.07) is 20.0. The van der Waals surface area contributed by atoms with Gasteiger partial charge in [-0.05, 0) is 54.7 Å². The Hall–Kier alpha value is -3.94.